The quantitative estimate of drug-likeness (QED) is 0.416. The first-order valence-electron chi connectivity index (χ1n) is 12.2. The van der Waals surface area contributed by atoms with Crippen LogP contribution in [0.3, 0.4) is 0 Å². The third-order valence-corrected chi connectivity index (χ3v) is 7.64. The molecule has 4 N–H and O–H groups in total. The number of carbonyl (C=O) groups is 1. The van der Waals surface area contributed by atoms with Gasteiger partial charge in [0.1, 0.15) is 11.4 Å². The smallest absolute Gasteiger partial charge is 0.257 e. The lowest BCUT2D eigenvalue weighted by molar-refractivity contribution is -0.106. The number of halogens is 2. The molecule has 0 radical (unpaired) electrons. The molecule has 5 rings (SSSR count). The highest BCUT2D eigenvalue weighted by Gasteiger charge is 2.50. The zero-order chi connectivity index (χ0) is 25.8. The summed E-state index contributed by atoms with van der Waals surface area (Å²) in [5.41, 5.74) is -1.46. The van der Waals surface area contributed by atoms with Crippen molar-refractivity contribution in [3.63, 3.8) is 0 Å². The van der Waals surface area contributed by atoms with Crippen LogP contribution in [0.2, 0.25) is 0 Å². The molecule has 1 aliphatic heterocycles. The van der Waals surface area contributed by atoms with E-state index in [-0.39, 0.29) is 47.8 Å². The summed E-state index contributed by atoms with van der Waals surface area (Å²) in [6.45, 7) is 5.44. The van der Waals surface area contributed by atoms with E-state index in [4.69, 9.17) is 0 Å². The minimum absolute atomic E-state index is 0.000589. The number of carbonyl (C=O) groups excluding carboxylic acids is 1. The molecule has 36 heavy (non-hydrogen) atoms. The number of nitrogens with zero attached hydrogens (tertiary/aromatic N) is 3. The first kappa shape index (κ1) is 24.6. The Morgan fingerprint density at radius 2 is 2.03 bits per heavy atom. The highest BCUT2D eigenvalue weighted by Crippen LogP contribution is 2.35. The van der Waals surface area contributed by atoms with E-state index in [9.17, 15) is 19.4 Å². The Bertz CT molecular complexity index is 1320. The van der Waals surface area contributed by atoms with Gasteiger partial charge in [0.15, 0.2) is 11.5 Å². The van der Waals surface area contributed by atoms with E-state index < -0.39 is 28.7 Å². The zero-order valence-electron chi connectivity index (χ0n) is 20.6. The minimum atomic E-state index is -1.19. The predicted octanol–water partition coefficient (Wildman–Crippen LogP) is 3.13. The van der Waals surface area contributed by atoms with E-state index in [1.165, 1.54) is 40.0 Å². The van der Waals surface area contributed by atoms with Gasteiger partial charge in [-0.05, 0) is 57.7 Å². The topological polar surface area (TPSA) is 102 Å². The first-order valence-corrected chi connectivity index (χ1v) is 12.2. The van der Waals surface area contributed by atoms with E-state index in [2.05, 4.69) is 15.6 Å². The van der Waals surface area contributed by atoms with Gasteiger partial charge >= 0.3 is 0 Å². The molecule has 1 amide bonds. The van der Waals surface area contributed by atoms with Crippen molar-refractivity contribution in [2.75, 3.05) is 18.4 Å². The molecule has 2 aliphatic rings. The number of amides is 1. The van der Waals surface area contributed by atoms with Crippen LogP contribution < -0.4 is 10.6 Å². The molecule has 1 saturated heterocycles. The number of rotatable bonds is 6. The zero-order valence-corrected chi connectivity index (χ0v) is 20.6. The van der Waals surface area contributed by atoms with Crippen molar-refractivity contribution in [1.82, 2.24) is 19.6 Å². The number of pyridine rings is 1. The lowest BCUT2D eigenvalue weighted by Gasteiger charge is -2.51. The van der Waals surface area contributed by atoms with Gasteiger partial charge in [0.2, 0.25) is 0 Å². The van der Waals surface area contributed by atoms with Crippen LogP contribution in [0.25, 0.3) is 5.65 Å². The number of imidazole rings is 1. The molecule has 2 aromatic heterocycles. The molecule has 0 spiro atoms. The fraction of sp³-hybridized carbons (Fsp3) is 0.462. The summed E-state index contributed by atoms with van der Waals surface area (Å²) in [7, 11) is 0. The Morgan fingerprint density at radius 1 is 1.28 bits per heavy atom. The van der Waals surface area contributed by atoms with Crippen molar-refractivity contribution < 1.29 is 23.8 Å². The second-order valence-corrected chi connectivity index (χ2v) is 10.5. The number of hydrogen-bond acceptors (Lipinski definition) is 6. The van der Waals surface area contributed by atoms with E-state index in [0.717, 1.165) is 12.8 Å². The average molecular weight is 500 g/mol. The van der Waals surface area contributed by atoms with Crippen LogP contribution in [0.5, 0.6) is 0 Å². The summed E-state index contributed by atoms with van der Waals surface area (Å²) in [4.78, 5) is 18.9. The number of hydrogen-bond donors (Lipinski definition) is 4. The van der Waals surface area contributed by atoms with Crippen LogP contribution in [-0.2, 0) is 0 Å². The van der Waals surface area contributed by atoms with E-state index in [1.54, 1.807) is 19.9 Å². The third kappa shape index (κ3) is 4.23. The molecular formula is C26H31F2N5O3. The molecule has 3 atom stereocenters. The van der Waals surface area contributed by atoms with Crippen molar-refractivity contribution >= 4 is 22.9 Å². The molecule has 1 aromatic carbocycles. The van der Waals surface area contributed by atoms with Gasteiger partial charge in [-0.3, -0.25) is 4.79 Å². The van der Waals surface area contributed by atoms with Crippen molar-refractivity contribution in [3.8, 4) is 0 Å². The van der Waals surface area contributed by atoms with E-state index in [1.807, 2.05) is 6.92 Å². The molecule has 3 aromatic rings. The molecule has 3 unspecified atom stereocenters. The maximum Gasteiger partial charge on any atom is 0.257 e. The number of anilines is 2. The van der Waals surface area contributed by atoms with Crippen LogP contribution in [0.1, 0.15) is 49.0 Å². The Hall–Kier alpha value is -3.08. The van der Waals surface area contributed by atoms with Gasteiger partial charge < -0.3 is 30.1 Å². The summed E-state index contributed by atoms with van der Waals surface area (Å²) >= 11 is 0. The number of likely N-dealkylation sites (tertiary alicyclic amines) is 1. The van der Waals surface area contributed by atoms with Crippen molar-refractivity contribution in [2.45, 2.75) is 63.3 Å². The Kier molecular flexibility index (Phi) is 6.01. The highest BCUT2D eigenvalue weighted by atomic mass is 19.1. The third-order valence-electron chi connectivity index (χ3n) is 7.64. The summed E-state index contributed by atoms with van der Waals surface area (Å²) < 4.78 is 31.4. The molecule has 3 heterocycles. The van der Waals surface area contributed by atoms with Crippen LogP contribution >= 0.6 is 0 Å². The number of β-amino-alcohol motifs (C(OH)–C–C–N with tert-alkyl or cyclic N) is 1. The van der Waals surface area contributed by atoms with Gasteiger partial charge in [0.05, 0.1) is 35.6 Å². The Morgan fingerprint density at radius 3 is 2.69 bits per heavy atom. The van der Waals surface area contributed by atoms with Gasteiger partial charge in [0.25, 0.3) is 5.91 Å². The van der Waals surface area contributed by atoms with E-state index >= 15 is 4.39 Å². The van der Waals surface area contributed by atoms with Crippen molar-refractivity contribution in [2.24, 2.45) is 0 Å². The van der Waals surface area contributed by atoms with E-state index in [0.29, 0.717) is 12.0 Å². The molecule has 10 heteroatoms. The second kappa shape index (κ2) is 8.79. The number of aryl methyl sites for hydroxylation is 1. The summed E-state index contributed by atoms with van der Waals surface area (Å²) in [5, 5.41) is 27.8. The summed E-state index contributed by atoms with van der Waals surface area (Å²) in [5.74, 6) is -1.85. The van der Waals surface area contributed by atoms with Crippen LogP contribution in [-0.4, -0.2) is 66.8 Å². The highest BCUT2D eigenvalue weighted by molar-refractivity contribution is 6.01. The second-order valence-electron chi connectivity index (χ2n) is 10.5. The lowest BCUT2D eigenvalue weighted by Crippen LogP contribution is -2.72. The number of benzene rings is 1. The van der Waals surface area contributed by atoms with Gasteiger partial charge in [0, 0.05) is 30.7 Å². The number of aromatic nitrogens is 2. The molecule has 8 nitrogen and oxygen atoms in total. The van der Waals surface area contributed by atoms with Crippen LogP contribution in [0.4, 0.5) is 20.2 Å². The van der Waals surface area contributed by atoms with Gasteiger partial charge in [-0.1, -0.05) is 6.07 Å². The maximum absolute atomic E-state index is 15.5. The fourth-order valence-electron chi connectivity index (χ4n) is 5.23. The molecule has 1 aliphatic carbocycles. The van der Waals surface area contributed by atoms with Gasteiger partial charge in [-0.2, -0.15) is 0 Å². The summed E-state index contributed by atoms with van der Waals surface area (Å²) in [6.07, 6.45) is 6.80. The van der Waals surface area contributed by atoms with Gasteiger partial charge in [-0.25, -0.2) is 13.8 Å². The maximum atomic E-state index is 15.5. The fourth-order valence-corrected chi connectivity index (χ4v) is 5.23. The molecule has 1 saturated carbocycles. The predicted molar refractivity (Wildman–Crippen MR) is 131 cm³/mol. The molecular weight excluding hydrogens is 468 g/mol. The first-order chi connectivity index (χ1) is 17.0. The van der Waals surface area contributed by atoms with Crippen LogP contribution in [0.15, 0.2) is 36.8 Å². The SMILES string of the molecule is Cc1ccc(Nc2c(C(=O)N3CC(O)(C(C)NC4CCCC4(C)O)C3)cn3ccnc3c2F)c(F)c1. The Balaban J connectivity index is 1.38. The average Bonchev–Trinajstić information content (AvgIpc) is 3.40. The number of nitrogens with one attached hydrogen (secondary N) is 2. The van der Waals surface area contributed by atoms with Crippen LogP contribution in [0, 0.1) is 18.6 Å². The number of aliphatic hydroxyl groups is 2. The summed E-state index contributed by atoms with van der Waals surface area (Å²) in [6, 6.07) is 3.98. The lowest BCUT2D eigenvalue weighted by atomic mass is 9.85. The van der Waals surface area contributed by atoms with Gasteiger partial charge in [-0.15, -0.1) is 0 Å². The van der Waals surface area contributed by atoms with Crippen molar-refractivity contribution in [3.05, 3.63) is 59.6 Å². The molecule has 192 valence electrons. The standard InChI is InChI=1S/C26H31F2N5O3/c1-15-6-7-19(18(27)11-15)31-22-17(12-32-10-9-29-23(32)21(22)28)24(34)33-13-26(36,14-33)16(2)30-20-5-4-8-25(20,3)35/h6-7,9-12,16,20,30-31,35-36H,4-5,8,13-14H2,1-3H3. The molecule has 0 bridgehead atoms. The number of fused-ring (bicyclic) bond motifs is 1. The molecule has 2 fully saturated rings. The largest absolute Gasteiger partial charge is 0.389 e. The van der Waals surface area contributed by atoms with Crippen molar-refractivity contribution in [1.29, 1.82) is 0 Å². The monoisotopic (exact) mass is 499 g/mol. The Labute approximate surface area is 207 Å². The normalized spacial score (nSPS) is 24.1. The minimum Gasteiger partial charge on any atom is -0.389 e.